The minimum atomic E-state index is -1.30. The van der Waals surface area contributed by atoms with Crippen molar-refractivity contribution in [2.24, 2.45) is 11.7 Å². The summed E-state index contributed by atoms with van der Waals surface area (Å²) in [5.74, 6) is -4.48. The van der Waals surface area contributed by atoms with Gasteiger partial charge in [-0.25, -0.2) is 8.78 Å². The summed E-state index contributed by atoms with van der Waals surface area (Å²) in [5, 5.41) is 8.98. The van der Waals surface area contributed by atoms with E-state index < -0.39 is 35.5 Å². The predicted octanol–water partition coefficient (Wildman–Crippen LogP) is 2.67. The molecule has 0 radical (unpaired) electrons. The van der Waals surface area contributed by atoms with Crippen LogP contribution in [0.3, 0.4) is 0 Å². The Morgan fingerprint density at radius 1 is 1.12 bits per heavy atom. The third-order valence-corrected chi connectivity index (χ3v) is 3.89. The molecule has 3 N–H and O–H groups in total. The normalized spacial score (nSPS) is 13.0. The van der Waals surface area contributed by atoms with E-state index >= 15 is 0 Å². The number of benzene rings is 2. The first-order chi connectivity index (χ1) is 12.4. The average Bonchev–Trinajstić information content (AvgIpc) is 2.61. The maximum Gasteiger partial charge on any atom is 0.320 e. The van der Waals surface area contributed by atoms with Crippen molar-refractivity contribution in [1.29, 1.82) is 0 Å². The van der Waals surface area contributed by atoms with E-state index in [1.54, 1.807) is 24.3 Å². The summed E-state index contributed by atoms with van der Waals surface area (Å²) in [7, 11) is 0. The number of nitrogens with two attached hydrogens (primary N) is 1. The van der Waals surface area contributed by atoms with Crippen molar-refractivity contribution in [2.75, 3.05) is 0 Å². The molecule has 0 saturated heterocycles. The first-order valence-corrected chi connectivity index (χ1v) is 7.99. The van der Waals surface area contributed by atoms with Gasteiger partial charge in [0, 0.05) is 6.07 Å². The first-order valence-electron chi connectivity index (χ1n) is 7.99. The van der Waals surface area contributed by atoms with Crippen molar-refractivity contribution in [1.82, 2.24) is 0 Å². The monoisotopic (exact) mass is 363 g/mol. The van der Waals surface area contributed by atoms with Gasteiger partial charge in [-0.2, -0.15) is 0 Å². The molecule has 0 aromatic heterocycles. The van der Waals surface area contributed by atoms with Crippen molar-refractivity contribution >= 4 is 11.9 Å². The second-order valence-electron chi connectivity index (χ2n) is 5.91. The molecule has 0 aliphatic heterocycles. The molecular weight excluding hydrogens is 344 g/mol. The quantitative estimate of drug-likeness (QED) is 0.704. The number of halogens is 2. The molecule has 5 nitrogen and oxygen atoms in total. The number of carbonyl (C=O) groups is 2. The van der Waals surface area contributed by atoms with Gasteiger partial charge in [0.05, 0.1) is 5.92 Å². The van der Waals surface area contributed by atoms with Gasteiger partial charge in [0.15, 0.2) is 0 Å². The second-order valence-corrected chi connectivity index (χ2v) is 5.91. The van der Waals surface area contributed by atoms with Crippen LogP contribution in [0.4, 0.5) is 8.78 Å². The summed E-state index contributed by atoms with van der Waals surface area (Å²) < 4.78 is 32.1. The Labute approximate surface area is 149 Å². The molecule has 0 heterocycles. The summed E-state index contributed by atoms with van der Waals surface area (Å²) in [4.78, 5) is 23.4. The van der Waals surface area contributed by atoms with Crippen LogP contribution in [0, 0.1) is 17.6 Å². The Kier molecular flexibility index (Phi) is 6.80. The van der Waals surface area contributed by atoms with Gasteiger partial charge in [-0.15, -0.1) is 0 Å². The lowest BCUT2D eigenvalue weighted by Gasteiger charge is -2.18. The summed E-state index contributed by atoms with van der Waals surface area (Å²) in [5.41, 5.74) is 6.37. The zero-order chi connectivity index (χ0) is 19.1. The maximum atomic E-state index is 13.9. The Hall–Kier alpha value is -2.80. The molecule has 0 amide bonds. The molecule has 2 atom stereocenters. The minimum absolute atomic E-state index is 0.00435. The fraction of sp³-hybridized carbons (Fsp3) is 0.263. The lowest BCUT2D eigenvalue weighted by Crippen LogP contribution is -2.35. The molecule has 0 aliphatic rings. The molecule has 26 heavy (non-hydrogen) atoms. The number of carbonyl (C=O) groups excluding carboxylic acids is 1. The van der Waals surface area contributed by atoms with Gasteiger partial charge in [-0.1, -0.05) is 36.4 Å². The van der Waals surface area contributed by atoms with Gasteiger partial charge in [-0.05, 0) is 30.0 Å². The largest absolute Gasteiger partial charge is 0.480 e. The van der Waals surface area contributed by atoms with Crippen LogP contribution in [0.1, 0.15) is 17.5 Å². The van der Waals surface area contributed by atoms with Crippen LogP contribution >= 0.6 is 0 Å². The molecule has 0 unspecified atom stereocenters. The standard InChI is InChI=1S/C19H19F2NO4/c20-15-7-6-13(16(21)10-15)8-14(9-17(22)18(23)24)19(25)26-11-12-4-2-1-3-5-12/h1-7,10,14,17H,8-9,11,22H2,(H,23,24)/t14-,17-/m0/s1. The summed E-state index contributed by atoms with van der Waals surface area (Å²) >= 11 is 0. The number of carboxylic acids is 1. The zero-order valence-corrected chi connectivity index (χ0v) is 13.9. The third kappa shape index (κ3) is 5.63. The number of aliphatic carboxylic acids is 1. The van der Waals surface area contributed by atoms with Gasteiger partial charge in [0.2, 0.25) is 0 Å². The van der Waals surface area contributed by atoms with Crippen LogP contribution in [0.15, 0.2) is 48.5 Å². The predicted molar refractivity (Wildman–Crippen MR) is 90.0 cm³/mol. The molecule has 7 heteroatoms. The molecule has 2 rings (SSSR count). The molecule has 2 aromatic rings. The van der Waals surface area contributed by atoms with Crippen LogP contribution in [0.2, 0.25) is 0 Å². The maximum absolute atomic E-state index is 13.9. The molecule has 0 bridgehead atoms. The number of hydrogen-bond acceptors (Lipinski definition) is 4. The molecule has 138 valence electrons. The van der Waals surface area contributed by atoms with E-state index in [1.165, 1.54) is 6.07 Å². The minimum Gasteiger partial charge on any atom is -0.480 e. The molecule has 0 saturated carbocycles. The average molecular weight is 363 g/mol. The zero-order valence-electron chi connectivity index (χ0n) is 13.9. The topological polar surface area (TPSA) is 89.6 Å². The van der Waals surface area contributed by atoms with E-state index in [1.807, 2.05) is 6.07 Å². The summed E-state index contributed by atoms with van der Waals surface area (Å²) in [6.45, 7) is 0.00435. The Balaban J connectivity index is 2.11. The molecule has 0 fully saturated rings. The second kappa shape index (κ2) is 9.05. The van der Waals surface area contributed by atoms with Gasteiger partial charge in [0.25, 0.3) is 0 Å². The Morgan fingerprint density at radius 2 is 1.81 bits per heavy atom. The van der Waals surface area contributed by atoms with Gasteiger partial charge < -0.3 is 15.6 Å². The number of rotatable bonds is 8. The van der Waals surface area contributed by atoms with Crippen molar-refractivity contribution in [2.45, 2.75) is 25.5 Å². The number of carboxylic acid groups (broad SMARTS) is 1. The van der Waals surface area contributed by atoms with Crippen molar-refractivity contribution in [3.05, 3.63) is 71.3 Å². The summed E-state index contributed by atoms with van der Waals surface area (Å²) in [6.07, 6.45) is -0.361. The number of ether oxygens (including phenoxy) is 1. The van der Waals surface area contributed by atoms with Crippen molar-refractivity contribution < 1.29 is 28.2 Å². The fourth-order valence-corrected chi connectivity index (χ4v) is 2.47. The fourth-order valence-electron chi connectivity index (χ4n) is 2.47. The molecule has 2 aromatic carbocycles. The van der Waals surface area contributed by atoms with Crippen molar-refractivity contribution in [3.63, 3.8) is 0 Å². The van der Waals surface area contributed by atoms with Gasteiger partial charge in [-0.3, -0.25) is 9.59 Å². The van der Waals surface area contributed by atoms with Crippen LogP contribution in [-0.4, -0.2) is 23.1 Å². The molecular formula is C19H19F2NO4. The number of hydrogen-bond donors (Lipinski definition) is 2. The lowest BCUT2D eigenvalue weighted by atomic mass is 9.92. The van der Waals surface area contributed by atoms with Crippen molar-refractivity contribution in [3.8, 4) is 0 Å². The van der Waals surface area contributed by atoms with E-state index in [-0.39, 0.29) is 25.0 Å². The van der Waals surface area contributed by atoms with E-state index in [9.17, 15) is 18.4 Å². The highest BCUT2D eigenvalue weighted by Crippen LogP contribution is 2.20. The lowest BCUT2D eigenvalue weighted by molar-refractivity contribution is -0.150. The smallest absolute Gasteiger partial charge is 0.320 e. The highest BCUT2D eigenvalue weighted by Gasteiger charge is 2.27. The van der Waals surface area contributed by atoms with Crippen LogP contribution in [-0.2, 0) is 27.4 Å². The van der Waals surface area contributed by atoms with E-state index in [4.69, 9.17) is 15.6 Å². The Bertz CT molecular complexity index is 767. The number of esters is 1. The van der Waals surface area contributed by atoms with Gasteiger partial charge >= 0.3 is 11.9 Å². The highest BCUT2D eigenvalue weighted by atomic mass is 19.1. The third-order valence-electron chi connectivity index (χ3n) is 3.89. The van der Waals surface area contributed by atoms with E-state index in [0.29, 0.717) is 6.07 Å². The van der Waals surface area contributed by atoms with Crippen LogP contribution in [0.25, 0.3) is 0 Å². The highest BCUT2D eigenvalue weighted by molar-refractivity contribution is 5.77. The SMILES string of the molecule is N[C@@H](C[C@H](Cc1ccc(F)cc1F)C(=O)OCc1ccccc1)C(=O)O. The van der Waals surface area contributed by atoms with E-state index in [2.05, 4.69) is 0 Å². The molecule has 0 aliphatic carbocycles. The first kappa shape index (κ1) is 19.5. The molecule has 0 spiro atoms. The van der Waals surface area contributed by atoms with Crippen LogP contribution in [0.5, 0.6) is 0 Å². The summed E-state index contributed by atoms with van der Waals surface area (Å²) in [6, 6.07) is 10.6. The Morgan fingerprint density at radius 3 is 2.42 bits per heavy atom. The van der Waals surface area contributed by atoms with Gasteiger partial charge in [0.1, 0.15) is 24.3 Å². The van der Waals surface area contributed by atoms with E-state index in [0.717, 1.165) is 11.6 Å². The van der Waals surface area contributed by atoms with Crippen LogP contribution < -0.4 is 5.73 Å².